The smallest absolute Gasteiger partial charge is 0.340 e. The van der Waals surface area contributed by atoms with Crippen molar-refractivity contribution in [2.75, 3.05) is 5.32 Å². The molecule has 6 nitrogen and oxygen atoms in total. The molecule has 0 saturated heterocycles. The highest BCUT2D eigenvalue weighted by molar-refractivity contribution is 7.18. The second kappa shape index (κ2) is 8.59. The number of carbonyl (C=O) groups excluding carboxylic acids is 1. The van der Waals surface area contributed by atoms with Crippen molar-refractivity contribution in [2.45, 2.75) is 32.8 Å². The van der Waals surface area contributed by atoms with Gasteiger partial charge >= 0.3 is 5.97 Å². The Balaban J connectivity index is 1.35. The lowest BCUT2D eigenvalue weighted by Crippen LogP contribution is -2.16. The van der Waals surface area contributed by atoms with Crippen LogP contribution in [0.25, 0.3) is 10.2 Å². The van der Waals surface area contributed by atoms with Crippen molar-refractivity contribution < 1.29 is 9.53 Å². The molecule has 0 bridgehead atoms. The molecule has 0 radical (unpaired) electrons. The predicted molar refractivity (Wildman–Crippen MR) is 127 cm³/mol. The van der Waals surface area contributed by atoms with Gasteiger partial charge in [-0.2, -0.15) is 0 Å². The largest absolute Gasteiger partial charge is 0.454 e. The molecule has 162 valence electrons. The summed E-state index contributed by atoms with van der Waals surface area (Å²) in [6.07, 6.45) is 3.00. The number of anilines is 2. The normalized spacial score (nSPS) is 15.3. The molecule has 2 aromatic heterocycles. The van der Waals surface area contributed by atoms with E-state index in [1.54, 1.807) is 23.5 Å². The van der Waals surface area contributed by atoms with Crippen LogP contribution in [-0.2, 0) is 24.2 Å². The number of thiophene rings is 1. The zero-order valence-electron chi connectivity index (χ0n) is 17.7. The van der Waals surface area contributed by atoms with E-state index in [0.29, 0.717) is 28.4 Å². The van der Waals surface area contributed by atoms with Crippen LogP contribution in [0, 0.1) is 5.92 Å². The lowest BCUT2D eigenvalue weighted by Gasteiger charge is -2.17. The van der Waals surface area contributed by atoms with Crippen molar-refractivity contribution in [3.05, 3.63) is 86.8 Å². The Bertz CT molecular complexity index is 1340. The van der Waals surface area contributed by atoms with Crippen LogP contribution in [0.2, 0.25) is 0 Å². The SMILES string of the molecule is C[C@H]1CCc2c(sc3nc(COC(=O)c4ccccc4Nc4ccccc4)[nH]c(=O)c23)C1. The van der Waals surface area contributed by atoms with E-state index in [2.05, 4.69) is 22.2 Å². The fraction of sp³-hybridized carbons (Fsp3) is 0.240. The number of hydrogen-bond donors (Lipinski definition) is 2. The summed E-state index contributed by atoms with van der Waals surface area (Å²) in [4.78, 5) is 34.9. The Morgan fingerprint density at radius 3 is 2.81 bits per heavy atom. The number of fused-ring (bicyclic) bond motifs is 3. The third kappa shape index (κ3) is 4.03. The molecule has 0 amide bonds. The molecule has 0 unspecified atom stereocenters. The molecule has 0 aliphatic heterocycles. The van der Waals surface area contributed by atoms with E-state index in [-0.39, 0.29) is 12.2 Å². The van der Waals surface area contributed by atoms with Crippen molar-refractivity contribution in [3.8, 4) is 0 Å². The van der Waals surface area contributed by atoms with Crippen LogP contribution < -0.4 is 10.9 Å². The Morgan fingerprint density at radius 2 is 1.97 bits per heavy atom. The van der Waals surface area contributed by atoms with Crippen LogP contribution >= 0.6 is 11.3 Å². The summed E-state index contributed by atoms with van der Waals surface area (Å²) in [5, 5.41) is 3.94. The van der Waals surface area contributed by atoms with Gasteiger partial charge < -0.3 is 15.0 Å². The second-order valence-electron chi connectivity index (χ2n) is 8.16. The minimum atomic E-state index is -0.480. The maximum Gasteiger partial charge on any atom is 0.340 e. The van der Waals surface area contributed by atoms with Gasteiger partial charge in [-0.3, -0.25) is 4.79 Å². The number of aryl methyl sites for hydroxylation is 1. The average molecular weight is 446 g/mol. The van der Waals surface area contributed by atoms with Crippen LogP contribution in [0.1, 0.15) is 40.0 Å². The molecule has 1 aliphatic rings. The molecule has 1 aliphatic carbocycles. The third-order valence-corrected chi connectivity index (χ3v) is 6.90. The van der Waals surface area contributed by atoms with Gasteiger partial charge in [-0.15, -0.1) is 11.3 Å². The van der Waals surface area contributed by atoms with Gasteiger partial charge in [0.1, 0.15) is 17.3 Å². The molecule has 0 fully saturated rings. The molecule has 2 N–H and O–H groups in total. The number of ether oxygens (including phenoxy) is 1. The van der Waals surface area contributed by atoms with E-state index < -0.39 is 5.97 Å². The number of H-pyrrole nitrogens is 1. The van der Waals surface area contributed by atoms with Gasteiger partial charge in [-0.25, -0.2) is 9.78 Å². The molecule has 32 heavy (non-hydrogen) atoms. The number of para-hydroxylation sites is 2. The van der Waals surface area contributed by atoms with E-state index in [1.807, 2.05) is 42.5 Å². The Morgan fingerprint density at radius 1 is 1.19 bits per heavy atom. The summed E-state index contributed by atoms with van der Waals surface area (Å²) >= 11 is 1.58. The van der Waals surface area contributed by atoms with Crippen LogP contribution in [0.5, 0.6) is 0 Å². The first-order chi connectivity index (χ1) is 15.6. The topological polar surface area (TPSA) is 84.1 Å². The highest BCUT2D eigenvalue weighted by Gasteiger charge is 2.23. The van der Waals surface area contributed by atoms with Crippen LogP contribution in [0.15, 0.2) is 59.4 Å². The van der Waals surface area contributed by atoms with E-state index >= 15 is 0 Å². The number of aromatic nitrogens is 2. The van der Waals surface area contributed by atoms with Gasteiger partial charge in [0.15, 0.2) is 0 Å². The molecule has 2 heterocycles. The van der Waals surface area contributed by atoms with Crippen molar-refractivity contribution in [2.24, 2.45) is 5.92 Å². The summed E-state index contributed by atoms with van der Waals surface area (Å²) in [5.74, 6) is 0.502. The quantitative estimate of drug-likeness (QED) is 0.412. The number of rotatable bonds is 5. The van der Waals surface area contributed by atoms with E-state index in [4.69, 9.17) is 4.74 Å². The molecule has 2 aromatic carbocycles. The van der Waals surface area contributed by atoms with Crippen LogP contribution in [0.3, 0.4) is 0 Å². The number of esters is 1. The van der Waals surface area contributed by atoms with Crippen molar-refractivity contribution in [1.29, 1.82) is 0 Å². The first kappa shape index (κ1) is 20.5. The highest BCUT2D eigenvalue weighted by Crippen LogP contribution is 2.35. The Kier molecular flexibility index (Phi) is 5.49. The zero-order chi connectivity index (χ0) is 22.1. The fourth-order valence-electron chi connectivity index (χ4n) is 4.12. The van der Waals surface area contributed by atoms with Crippen molar-refractivity contribution in [3.63, 3.8) is 0 Å². The minimum absolute atomic E-state index is 0.0946. The predicted octanol–water partition coefficient (Wildman–Crippen LogP) is 5.21. The van der Waals surface area contributed by atoms with Gasteiger partial charge in [-0.05, 0) is 55.0 Å². The maximum atomic E-state index is 12.8. The molecule has 1 atom stereocenters. The van der Waals surface area contributed by atoms with Gasteiger partial charge in [-0.1, -0.05) is 37.3 Å². The standard InChI is InChI=1S/C25H23N3O3S/c1-15-11-12-18-20(13-15)32-24-22(18)23(29)27-21(28-24)14-31-25(30)17-9-5-6-10-19(17)26-16-7-3-2-4-8-16/h2-10,15,26H,11-14H2,1H3,(H,27,28,29)/t15-/m0/s1. The molecule has 0 spiro atoms. The number of carbonyl (C=O) groups is 1. The average Bonchev–Trinajstić information content (AvgIpc) is 3.16. The molecular formula is C25H23N3O3S. The Labute approximate surface area is 189 Å². The van der Waals surface area contributed by atoms with Gasteiger partial charge in [0.25, 0.3) is 5.56 Å². The van der Waals surface area contributed by atoms with E-state index in [0.717, 1.165) is 35.3 Å². The maximum absolute atomic E-state index is 12.8. The molecule has 0 saturated carbocycles. The summed E-state index contributed by atoms with van der Waals surface area (Å²) in [7, 11) is 0. The van der Waals surface area contributed by atoms with Crippen LogP contribution in [0.4, 0.5) is 11.4 Å². The first-order valence-electron chi connectivity index (χ1n) is 10.7. The Hall–Kier alpha value is -3.45. The fourth-order valence-corrected chi connectivity index (χ4v) is 5.52. The lowest BCUT2D eigenvalue weighted by molar-refractivity contribution is 0.0463. The van der Waals surface area contributed by atoms with E-state index in [9.17, 15) is 9.59 Å². The molecule has 5 rings (SSSR count). The van der Waals surface area contributed by atoms with Gasteiger partial charge in [0.05, 0.1) is 16.6 Å². The van der Waals surface area contributed by atoms with Crippen molar-refractivity contribution in [1.82, 2.24) is 9.97 Å². The molecular weight excluding hydrogens is 422 g/mol. The zero-order valence-corrected chi connectivity index (χ0v) is 18.5. The number of benzene rings is 2. The number of hydrogen-bond acceptors (Lipinski definition) is 6. The number of aromatic amines is 1. The molecule has 4 aromatic rings. The summed E-state index contributed by atoms with van der Waals surface area (Å²) < 4.78 is 5.51. The minimum Gasteiger partial charge on any atom is -0.454 e. The lowest BCUT2D eigenvalue weighted by atomic mass is 9.89. The summed E-state index contributed by atoms with van der Waals surface area (Å²) in [6.45, 7) is 2.14. The third-order valence-electron chi connectivity index (χ3n) is 5.75. The monoisotopic (exact) mass is 445 g/mol. The van der Waals surface area contributed by atoms with Gasteiger partial charge in [0.2, 0.25) is 0 Å². The second-order valence-corrected chi connectivity index (χ2v) is 9.24. The van der Waals surface area contributed by atoms with Gasteiger partial charge in [0, 0.05) is 10.6 Å². The summed E-state index contributed by atoms with van der Waals surface area (Å²) in [5.41, 5.74) is 2.93. The van der Waals surface area contributed by atoms with Crippen molar-refractivity contribution >= 4 is 38.9 Å². The van der Waals surface area contributed by atoms with Crippen LogP contribution in [-0.4, -0.2) is 15.9 Å². The van der Waals surface area contributed by atoms with E-state index in [1.165, 1.54) is 4.88 Å². The first-order valence-corrected chi connectivity index (χ1v) is 11.5. The number of nitrogens with zero attached hydrogens (tertiary/aromatic N) is 1. The molecule has 7 heteroatoms. The number of nitrogens with one attached hydrogen (secondary N) is 2. The highest BCUT2D eigenvalue weighted by atomic mass is 32.1. The summed E-state index contributed by atoms with van der Waals surface area (Å²) in [6, 6.07) is 16.8.